The minimum atomic E-state index is -0.181. The number of amides is 1. The lowest BCUT2D eigenvalue weighted by atomic mass is 10.0. The Balaban J connectivity index is 4.16. The minimum absolute atomic E-state index is 0.111. The Bertz CT molecular complexity index is 772. The van der Waals surface area contributed by atoms with Gasteiger partial charge in [0.15, 0.2) is 0 Å². The maximum absolute atomic E-state index is 13.0. The van der Waals surface area contributed by atoms with E-state index in [1.807, 2.05) is 25.1 Å². The fourth-order valence-electron chi connectivity index (χ4n) is 5.83. The van der Waals surface area contributed by atoms with Crippen LogP contribution in [0.25, 0.3) is 0 Å². The molecule has 0 heterocycles. The molecule has 1 amide bonds. The first kappa shape index (κ1) is 47.5. The lowest BCUT2D eigenvalue weighted by Gasteiger charge is -2.22. The van der Waals surface area contributed by atoms with Crippen molar-refractivity contribution in [1.29, 1.82) is 0 Å². The molecule has 0 fully saturated rings. The summed E-state index contributed by atoms with van der Waals surface area (Å²) in [5.74, 6) is 0.591. The predicted octanol–water partition coefficient (Wildman–Crippen LogP) is 13.1. The number of unbranched alkanes of at least 4 members (excludes halogenated alkanes) is 18. The summed E-state index contributed by atoms with van der Waals surface area (Å²) in [7, 11) is 4.05. The minimum Gasteiger partial charge on any atom is -0.461 e. The maximum atomic E-state index is 13.0. The van der Waals surface area contributed by atoms with Gasteiger partial charge in [0, 0.05) is 31.8 Å². The molecule has 0 spiro atoms. The van der Waals surface area contributed by atoms with Crippen molar-refractivity contribution in [1.82, 2.24) is 9.80 Å². The van der Waals surface area contributed by atoms with Crippen molar-refractivity contribution in [2.75, 3.05) is 46.1 Å². The average Bonchev–Trinajstić information content (AvgIpc) is 3.08. The van der Waals surface area contributed by atoms with E-state index < -0.39 is 0 Å². The molecule has 0 aliphatic heterocycles. The monoisotopic (exact) mass is 705 g/mol. The molecule has 0 atom stereocenters. The van der Waals surface area contributed by atoms with Crippen LogP contribution in [0.4, 0.5) is 4.79 Å². The number of allylic oxidation sites excluding steroid dienone is 4. The lowest BCUT2D eigenvalue weighted by molar-refractivity contribution is -0.142. The number of hydrogen-bond acceptors (Lipinski definition) is 5. The molecule has 0 aromatic carbocycles. The first-order valence-electron chi connectivity index (χ1n) is 20.6. The largest absolute Gasteiger partial charge is 0.461 e. The highest BCUT2D eigenvalue weighted by Gasteiger charge is 2.15. The summed E-state index contributed by atoms with van der Waals surface area (Å²) < 4.78 is 5.42. The number of nitrogens with zero attached hydrogens (tertiary/aromatic N) is 2. The zero-order chi connectivity index (χ0) is 36.0. The zero-order valence-electron chi connectivity index (χ0n) is 33.0. The van der Waals surface area contributed by atoms with E-state index in [1.54, 1.807) is 0 Å². The Hall–Kier alpha value is -1.53. The van der Waals surface area contributed by atoms with Gasteiger partial charge in [-0.1, -0.05) is 165 Å². The van der Waals surface area contributed by atoms with Gasteiger partial charge in [0.2, 0.25) is 0 Å². The van der Waals surface area contributed by atoms with Crippen LogP contribution in [0.1, 0.15) is 181 Å². The Morgan fingerprint density at radius 1 is 0.571 bits per heavy atom. The van der Waals surface area contributed by atoms with Crippen LogP contribution >= 0.6 is 11.8 Å². The molecular formula is C43H80N2O3S. The van der Waals surface area contributed by atoms with Gasteiger partial charge in [-0.05, 0) is 71.9 Å². The lowest BCUT2D eigenvalue weighted by Crippen LogP contribution is -2.31. The smallest absolute Gasteiger partial charge is 0.306 e. The second-order valence-corrected chi connectivity index (χ2v) is 15.3. The maximum Gasteiger partial charge on any atom is 0.306 e. The van der Waals surface area contributed by atoms with Crippen LogP contribution < -0.4 is 0 Å². The first-order chi connectivity index (χ1) is 23.9. The fourth-order valence-corrected chi connectivity index (χ4v) is 6.82. The third kappa shape index (κ3) is 36.1. The van der Waals surface area contributed by atoms with Gasteiger partial charge < -0.3 is 14.5 Å². The third-order valence-corrected chi connectivity index (χ3v) is 9.97. The molecule has 5 nitrogen and oxygen atoms in total. The van der Waals surface area contributed by atoms with Gasteiger partial charge in [-0.25, -0.2) is 0 Å². The summed E-state index contributed by atoms with van der Waals surface area (Å²) in [5.41, 5.74) is 1.26. The number of thioether (sulfide) groups is 1. The van der Waals surface area contributed by atoms with Crippen LogP contribution in [-0.4, -0.2) is 67.1 Å². The molecule has 0 saturated heterocycles. The molecule has 6 heteroatoms. The molecule has 0 aromatic heterocycles. The highest BCUT2D eigenvalue weighted by molar-refractivity contribution is 8.13. The number of hydrogen-bond donors (Lipinski definition) is 0. The van der Waals surface area contributed by atoms with Gasteiger partial charge in [-0.2, -0.15) is 0 Å². The van der Waals surface area contributed by atoms with Crippen molar-refractivity contribution in [3.63, 3.8) is 0 Å². The molecule has 0 unspecified atom stereocenters. The molecule has 0 aliphatic rings. The highest BCUT2D eigenvalue weighted by atomic mass is 32.2. The summed E-state index contributed by atoms with van der Waals surface area (Å²) in [5, 5.41) is 0.111. The number of carbonyl (C=O) groups is 2. The Morgan fingerprint density at radius 3 is 1.57 bits per heavy atom. The molecule has 0 saturated carbocycles. The number of rotatable bonds is 36. The predicted molar refractivity (Wildman–Crippen MR) is 218 cm³/mol. The van der Waals surface area contributed by atoms with Crippen LogP contribution in [-0.2, 0) is 9.53 Å². The molecule has 0 aliphatic carbocycles. The molecule has 0 radical (unpaired) electrons. The number of carbonyl (C=O) groups excluding carboxylic acids is 2. The standard InChI is InChI=1S/C43H80N2O3S/c1-6-8-10-12-14-16-18-20-21-23-25-27-29-33-41(3)34-31-36-45(43(47)49-40-38-44(4)5)37-32-35-42(46)48-39-30-28-26-24-22-19-17-15-13-11-9-7-2/h25,27-28,30H,3,6-24,26,29,31-40H2,1-2,4-5H3/b27-25-,30-28-. The van der Waals surface area contributed by atoms with E-state index in [0.29, 0.717) is 32.5 Å². The van der Waals surface area contributed by atoms with E-state index in [9.17, 15) is 9.59 Å². The van der Waals surface area contributed by atoms with Crippen LogP contribution in [0.5, 0.6) is 0 Å². The second kappa shape index (κ2) is 37.7. The van der Waals surface area contributed by atoms with Crippen molar-refractivity contribution in [2.45, 2.75) is 181 Å². The summed E-state index contributed by atoms with van der Waals surface area (Å²) in [6.07, 6.45) is 40.3. The third-order valence-electron chi connectivity index (χ3n) is 9.08. The van der Waals surface area contributed by atoms with Gasteiger partial charge in [-0.3, -0.25) is 9.59 Å². The van der Waals surface area contributed by atoms with E-state index in [4.69, 9.17) is 4.74 Å². The summed E-state index contributed by atoms with van der Waals surface area (Å²) in [6.45, 7) is 11.4. The van der Waals surface area contributed by atoms with Crippen LogP contribution in [0.3, 0.4) is 0 Å². The summed E-state index contributed by atoms with van der Waals surface area (Å²) in [4.78, 5) is 29.4. The quantitative estimate of drug-likeness (QED) is 0.0369. The van der Waals surface area contributed by atoms with Crippen molar-refractivity contribution < 1.29 is 14.3 Å². The Labute approximate surface area is 309 Å². The normalized spacial score (nSPS) is 11.7. The summed E-state index contributed by atoms with van der Waals surface area (Å²) in [6, 6.07) is 0. The van der Waals surface area contributed by atoms with Crippen molar-refractivity contribution in [3.05, 3.63) is 36.5 Å². The van der Waals surface area contributed by atoms with E-state index in [1.165, 1.54) is 139 Å². The van der Waals surface area contributed by atoms with Crippen molar-refractivity contribution in [3.8, 4) is 0 Å². The number of ether oxygens (including phenoxy) is 1. The van der Waals surface area contributed by atoms with E-state index in [2.05, 4.69) is 43.6 Å². The topological polar surface area (TPSA) is 49.9 Å². The highest BCUT2D eigenvalue weighted by Crippen LogP contribution is 2.16. The molecule has 49 heavy (non-hydrogen) atoms. The van der Waals surface area contributed by atoms with Gasteiger partial charge >= 0.3 is 5.97 Å². The number of esters is 1. The zero-order valence-corrected chi connectivity index (χ0v) is 33.8. The molecular weight excluding hydrogens is 625 g/mol. The van der Waals surface area contributed by atoms with Crippen LogP contribution in [0, 0.1) is 0 Å². The molecule has 0 bridgehead atoms. The van der Waals surface area contributed by atoms with E-state index in [-0.39, 0.29) is 11.2 Å². The van der Waals surface area contributed by atoms with E-state index >= 15 is 0 Å². The fraction of sp³-hybridized carbons (Fsp3) is 0.814. The summed E-state index contributed by atoms with van der Waals surface area (Å²) >= 11 is 1.38. The van der Waals surface area contributed by atoms with Crippen molar-refractivity contribution in [2.24, 2.45) is 0 Å². The molecule has 0 rings (SSSR count). The molecule has 0 aromatic rings. The second-order valence-electron chi connectivity index (χ2n) is 14.3. The molecule has 286 valence electrons. The Kier molecular flexibility index (Phi) is 36.5. The average molecular weight is 705 g/mol. The van der Waals surface area contributed by atoms with Gasteiger partial charge in [0.05, 0.1) is 0 Å². The van der Waals surface area contributed by atoms with Gasteiger partial charge in [-0.15, -0.1) is 0 Å². The van der Waals surface area contributed by atoms with Crippen LogP contribution in [0.2, 0.25) is 0 Å². The Morgan fingerprint density at radius 2 is 1.04 bits per heavy atom. The molecule has 0 N–H and O–H groups in total. The first-order valence-corrected chi connectivity index (χ1v) is 21.6. The van der Waals surface area contributed by atoms with Crippen LogP contribution in [0.15, 0.2) is 36.5 Å². The van der Waals surface area contributed by atoms with E-state index in [0.717, 1.165) is 44.4 Å². The van der Waals surface area contributed by atoms with Crippen molar-refractivity contribution >= 4 is 23.0 Å². The SMILES string of the molecule is C=C(CC/C=C\CCCCCCCCCCC)CCCN(CCCC(=O)OC/C=C\CCCCCCCCCCC)C(=O)SCCN(C)C. The van der Waals surface area contributed by atoms with Gasteiger partial charge in [0.1, 0.15) is 6.61 Å². The van der Waals surface area contributed by atoms with Gasteiger partial charge in [0.25, 0.3) is 5.24 Å².